The Balaban J connectivity index is 1.64. The van der Waals surface area contributed by atoms with Crippen LogP contribution in [-0.4, -0.2) is 22.4 Å². The third-order valence-electron chi connectivity index (χ3n) is 6.03. The number of hydrogen-bond donors (Lipinski definition) is 2. The van der Waals surface area contributed by atoms with E-state index in [1.54, 1.807) is 0 Å². The number of hydrogen-bond acceptors (Lipinski definition) is 2. The highest BCUT2D eigenvalue weighted by Gasteiger charge is 2.47. The standard InChI is InChI=1S/C18H28O2/c1-12-11-14-7-9-17(20)15(18(12)14)8-10-16(19)13-5-3-2-4-6-13/h12-20H,2-7,9,11H2,1H3/t12?,14-,15+,16-,17-,18+/m1/s1. The highest BCUT2D eigenvalue weighted by atomic mass is 16.3. The Bertz CT molecular complexity index is 388. The van der Waals surface area contributed by atoms with E-state index in [0.29, 0.717) is 17.8 Å². The fourth-order valence-corrected chi connectivity index (χ4v) is 4.78. The Morgan fingerprint density at radius 1 is 1.05 bits per heavy atom. The fourth-order valence-electron chi connectivity index (χ4n) is 4.78. The summed E-state index contributed by atoms with van der Waals surface area (Å²) in [5.74, 6) is 8.90. The summed E-state index contributed by atoms with van der Waals surface area (Å²) in [4.78, 5) is 0. The zero-order valence-electron chi connectivity index (χ0n) is 12.6. The van der Waals surface area contributed by atoms with Gasteiger partial charge >= 0.3 is 0 Å². The molecule has 0 aromatic rings. The van der Waals surface area contributed by atoms with Crippen LogP contribution in [0.4, 0.5) is 0 Å². The van der Waals surface area contributed by atoms with Crippen LogP contribution in [-0.2, 0) is 0 Å². The lowest BCUT2D eigenvalue weighted by atomic mass is 9.54. The van der Waals surface area contributed by atoms with Crippen LogP contribution in [0.3, 0.4) is 0 Å². The van der Waals surface area contributed by atoms with Gasteiger partial charge in [0, 0.05) is 5.92 Å². The van der Waals surface area contributed by atoms with E-state index >= 15 is 0 Å². The molecule has 3 saturated carbocycles. The van der Waals surface area contributed by atoms with Crippen molar-refractivity contribution in [2.24, 2.45) is 29.6 Å². The van der Waals surface area contributed by atoms with Gasteiger partial charge in [-0.2, -0.15) is 0 Å². The summed E-state index contributed by atoms with van der Waals surface area (Å²) in [6.07, 6.45) is 8.63. The molecular weight excluding hydrogens is 248 g/mol. The normalized spacial score (nSPS) is 42.9. The molecule has 1 unspecified atom stereocenters. The first-order valence-corrected chi connectivity index (χ1v) is 8.54. The second kappa shape index (κ2) is 6.08. The molecule has 0 aliphatic heterocycles. The quantitative estimate of drug-likeness (QED) is 0.723. The average Bonchev–Trinajstić information content (AvgIpc) is 2.46. The van der Waals surface area contributed by atoms with Gasteiger partial charge in [-0.05, 0) is 55.8 Å². The third kappa shape index (κ3) is 2.76. The first-order chi connectivity index (χ1) is 9.66. The van der Waals surface area contributed by atoms with Crippen LogP contribution in [0.1, 0.15) is 58.3 Å². The van der Waals surface area contributed by atoms with E-state index in [0.717, 1.165) is 25.2 Å². The average molecular weight is 276 g/mol. The monoisotopic (exact) mass is 276 g/mol. The van der Waals surface area contributed by atoms with Crippen LogP contribution in [0.5, 0.6) is 0 Å². The maximum absolute atomic E-state index is 10.3. The second-order valence-electron chi connectivity index (χ2n) is 7.35. The van der Waals surface area contributed by atoms with Crippen molar-refractivity contribution in [3.8, 4) is 11.8 Å². The van der Waals surface area contributed by atoms with Crippen LogP contribution in [0.15, 0.2) is 0 Å². The first kappa shape index (κ1) is 14.4. The van der Waals surface area contributed by atoms with Gasteiger partial charge in [-0.1, -0.05) is 38.0 Å². The van der Waals surface area contributed by atoms with Gasteiger partial charge in [0.05, 0.1) is 6.10 Å². The summed E-state index contributed by atoms with van der Waals surface area (Å²) in [5.41, 5.74) is 0. The summed E-state index contributed by atoms with van der Waals surface area (Å²) < 4.78 is 0. The van der Waals surface area contributed by atoms with Crippen molar-refractivity contribution in [3.63, 3.8) is 0 Å². The highest BCUT2D eigenvalue weighted by Crippen LogP contribution is 2.51. The molecule has 0 spiro atoms. The van der Waals surface area contributed by atoms with Crippen molar-refractivity contribution in [1.29, 1.82) is 0 Å². The molecule has 0 amide bonds. The van der Waals surface area contributed by atoms with E-state index in [-0.39, 0.29) is 12.0 Å². The molecule has 112 valence electrons. The topological polar surface area (TPSA) is 40.5 Å². The Hall–Kier alpha value is -0.520. The van der Waals surface area contributed by atoms with Gasteiger partial charge in [0.25, 0.3) is 0 Å². The number of rotatable bonds is 1. The molecule has 3 aliphatic carbocycles. The highest BCUT2D eigenvalue weighted by molar-refractivity contribution is 5.16. The van der Waals surface area contributed by atoms with E-state index in [1.165, 1.54) is 32.1 Å². The molecule has 3 fully saturated rings. The third-order valence-corrected chi connectivity index (χ3v) is 6.03. The SMILES string of the molecule is CC1C[C@H]2CC[C@@H](O)[C@H](C#C[C@@H](O)C3CCCCC3)[C@@H]12. The summed E-state index contributed by atoms with van der Waals surface area (Å²) in [5, 5.41) is 20.5. The molecule has 0 radical (unpaired) electrons. The molecule has 20 heavy (non-hydrogen) atoms. The molecule has 0 aromatic carbocycles. The fraction of sp³-hybridized carbons (Fsp3) is 0.889. The van der Waals surface area contributed by atoms with Crippen LogP contribution in [0, 0.1) is 41.4 Å². The van der Waals surface area contributed by atoms with Gasteiger partial charge in [-0.3, -0.25) is 0 Å². The summed E-state index contributed by atoms with van der Waals surface area (Å²) in [6, 6.07) is 0. The van der Waals surface area contributed by atoms with E-state index < -0.39 is 6.10 Å². The van der Waals surface area contributed by atoms with Crippen molar-refractivity contribution in [2.45, 2.75) is 70.5 Å². The molecular formula is C18H28O2. The maximum atomic E-state index is 10.3. The zero-order chi connectivity index (χ0) is 14.1. The smallest absolute Gasteiger partial charge is 0.117 e. The van der Waals surface area contributed by atoms with E-state index in [2.05, 4.69) is 18.8 Å². The van der Waals surface area contributed by atoms with Crippen LogP contribution >= 0.6 is 0 Å². The molecule has 2 nitrogen and oxygen atoms in total. The van der Waals surface area contributed by atoms with Crippen molar-refractivity contribution >= 4 is 0 Å². The summed E-state index contributed by atoms with van der Waals surface area (Å²) in [6.45, 7) is 2.28. The Morgan fingerprint density at radius 3 is 2.50 bits per heavy atom. The molecule has 3 rings (SSSR count). The van der Waals surface area contributed by atoms with Crippen molar-refractivity contribution in [2.75, 3.05) is 0 Å². The predicted molar refractivity (Wildman–Crippen MR) is 79.8 cm³/mol. The van der Waals surface area contributed by atoms with E-state index in [9.17, 15) is 10.2 Å². The Labute approximate surface area is 123 Å². The molecule has 2 N–H and O–H groups in total. The lowest BCUT2D eigenvalue weighted by Crippen LogP contribution is -2.48. The number of aliphatic hydroxyl groups excluding tert-OH is 2. The Morgan fingerprint density at radius 2 is 1.80 bits per heavy atom. The lowest BCUT2D eigenvalue weighted by molar-refractivity contribution is -0.0561. The summed E-state index contributed by atoms with van der Waals surface area (Å²) >= 11 is 0. The van der Waals surface area contributed by atoms with Crippen molar-refractivity contribution < 1.29 is 10.2 Å². The molecule has 2 heteroatoms. The van der Waals surface area contributed by atoms with Gasteiger partial charge in [0.1, 0.15) is 6.10 Å². The number of aliphatic hydroxyl groups is 2. The van der Waals surface area contributed by atoms with E-state index in [1.807, 2.05) is 0 Å². The molecule has 0 heterocycles. The molecule has 0 aromatic heterocycles. The maximum Gasteiger partial charge on any atom is 0.117 e. The molecule has 6 atom stereocenters. The second-order valence-corrected chi connectivity index (χ2v) is 7.35. The van der Waals surface area contributed by atoms with Crippen LogP contribution in [0.2, 0.25) is 0 Å². The van der Waals surface area contributed by atoms with Gasteiger partial charge in [0.2, 0.25) is 0 Å². The van der Waals surface area contributed by atoms with Crippen LogP contribution in [0.25, 0.3) is 0 Å². The lowest BCUT2D eigenvalue weighted by Gasteiger charge is -2.51. The molecule has 0 saturated heterocycles. The molecule has 3 aliphatic rings. The van der Waals surface area contributed by atoms with Crippen molar-refractivity contribution in [3.05, 3.63) is 0 Å². The van der Waals surface area contributed by atoms with Crippen molar-refractivity contribution in [1.82, 2.24) is 0 Å². The minimum atomic E-state index is -0.474. The predicted octanol–water partition coefficient (Wildman–Crippen LogP) is 2.97. The largest absolute Gasteiger partial charge is 0.392 e. The van der Waals surface area contributed by atoms with Gasteiger partial charge in [0.15, 0.2) is 0 Å². The van der Waals surface area contributed by atoms with E-state index in [4.69, 9.17) is 0 Å². The minimum absolute atomic E-state index is 0.107. The van der Waals surface area contributed by atoms with Gasteiger partial charge in [-0.15, -0.1) is 0 Å². The first-order valence-electron chi connectivity index (χ1n) is 8.54. The minimum Gasteiger partial charge on any atom is -0.392 e. The van der Waals surface area contributed by atoms with Gasteiger partial charge < -0.3 is 10.2 Å². The van der Waals surface area contributed by atoms with Gasteiger partial charge in [-0.25, -0.2) is 0 Å². The molecule has 0 bridgehead atoms. The summed E-state index contributed by atoms with van der Waals surface area (Å²) in [7, 11) is 0. The Kier molecular flexibility index (Phi) is 4.38. The number of fused-ring (bicyclic) bond motifs is 1. The zero-order valence-corrected chi connectivity index (χ0v) is 12.6. The van der Waals surface area contributed by atoms with Crippen LogP contribution < -0.4 is 0 Å².